The Morgan fingerprint density at radius 2 is 2.05 bits per heavy atom. The van der Waals surface area contributed by atoms with Crippen LogP contribution in [0, 0.1) is 6.92 Å². The smallest absolute Gasteiger partial charge is 0.224 e. The van der Waals surface area contributed by atoms with Crippen LogP contribution in [0.15, 0.2) is 18.2 Å². The van der Waals surface area contributed by atoms with E-state index < -0.39 is 5.60 Å². The van der Waals surface area contributed by atoms with Crippen molar-refractivity contribution in [3.8, 4) is 0 Å². The first-order valence-electron chi connectivity index (χ1n) is 6.63. The number of nitrogens with one attached hydrogen (secondary N) is 2. The molecule has 106 valence electrons. The number of amides is 1. The van der Waals surface area contributed by atoms with E-state index in [2.05, 4.69) is 10.6 Å². The fourth-order valence-corrected chi connectivity index (χ4v) is 1.51. The van der Waals surface area contributed by atoms with E-state index in [0.29, 0.717) is 6.42 Å². The average molecular weight is 264 g/mol. The lowest BCUT2D eigenvalue weighted by molar-refractivity contribution is -0.115. The van der Waals surface area contributed by atoms with Crippen LogP contribution in [-0.2, 0) is 4.79 Å². The van der Waals surface area contributed by atoms with Gasteiger partial charge in [0.2, 0.25) is 5.91 Å². The van der Waals surface area contributed by atoms with Crippen molar-refractivity contribution in [1.82, 2.24) is 0 Å². The van der Waals surface area contributed by atoms with Gasteiger partial charge in [-0.15, -0.1) is 0 Å². The van der Waals surface area contributed by atoms with Crippen LogP contribution in [-0.4, -0.2) is 22.7 Å². The Morgan fingerprint density at radius 1 is 1.42 bits per heavy atom. The second-order valence-corrected chi connectivity index (χ2v) is 5.45. The lowest BCUT2D eigenvalue weighted by Crippen LogP contribution is -2.39. The molecule has 1 aromatic carbocycles. The first-order valence-corrected chi connectivity index (χ1v) is 6.63. The zero-order valence-corrected chi connectivity index (χ0v) is 12.4. The van der Waals surface area contributed by atoms with E-state index in [1.54, 1.807) is 13.8 Å². The molecule has 1 atom stereocenters. The molecule has 0 aliphatic heterocycles. The van der Waals surface area contributed by atoms with Crippen molar-refractivity contribution in [1.29, 1.82) is 0 Å². The maximum Gasteiger partial charge on any atom is 0.224 e. The Kier molecular flexibility index (Phi) is 4.95. The number of aryl methyl sites for hydroxylation is 1. The SMILES string of the molecule is CCC(=O)Nc1ccc(C)c(NC(C)C(C)(C)O)c1. The van der Waals surface area contributed by atoms with E-state index in [4.69, 9.17) is 0 Å². The second-order valence-electron chi connectivity index (χ2n) is 5.45. The predicted octanol–water partition coefficient (Wildman–Crippen LogP) is 2.91. The van der Waals surface area contributed by atoms with Gasteiger partial charge in [0.15, 0.2) is 0 Å². The largest absolute Gasteiger partial charge is 0.388 e. The lowest BCUT2D eigenvalue weighted by atomic mass is 10.00. The Hall–Kier alpha value is -1.55. The molecule has 0 radical (unpaired) electrons. The molecule has 0 aliphatic carbocycles. The molecule has 0 heterocycles. The van der Waals surface area contributed by atoms with Gasteiger partial charge in [-0.05, 0) is 45.4 Å². The summed E-state index contributed by atoms with van der Waals surface area (Å²) in [6.45, 7) is 9.27. The lowest BCUT2D eigenvalue weighted by Gasteiger charge is -2.28. The van der Waals surface area contributed by atoms with Crippen LogP contribution in [0.25, 0.3) is 0 Å². The van der Waals surface area contributed by atoms with Gasteiger partial charge in [-0.1, -0.05) is 13.0 Å². The summed E-state index contributed by atoms with van der Waals surface area (Å²) in [5, 5.41) is 16.1. The molecular weight excluding hydrogens is 240 g/mol. The molecule has 0 bridgehead atoms. The molecule has 0 saturated heterocycles. The highest BCUT2D eigenvalue weighted by Crippen LogP contribution is 2.23. The van der Waals surface area contributed by atoms with Crippen molar-refractivity contribution in [3.05, 3.63) is 23.8 Å². The van der Waals surface area contributed by atoms with Gasteiger partial charge in [-0.25, -0.2) is 0 Å². The second kappa shape index (κ2) is 6.06. The molecule has 0 saturated carbocycles. The number of hydrogen-bond donors (Lipinski definition) is 3. The molecule has 1 rings (SSSR count). The highest BCUT2D eigenvalue weighted by molar-refractivity contribution is 5.91. The molecule has 0 fully saturated rings. The van der Waals surface area contributed by atoms with E-state index in [1.165, 1.54) is 0 Å². The summed E-state index contributed by atoms with van der Waals surface area (Å²) in [6.07, 6.45) is 0.455. The maximum atomic E-state index is 11.4. The third kappa shape index (κ3) is 4.56. The van der Waals surface area contributed by atoms with Gasteiger partial charge >= 0.3 is 0 Å². The molecule has 19 heavy (non-hydrogen) atoms. The summed E-state index contributed by atoms with van der Waals surface area (Å²) in [5.41, 5.74) is 1.95. The normalized spacial score (nSPS) is 12.9. The molecule has 0 spiro atoms. The highest BCUT2D eigenvalue weighted by Gasteiger charge is 2.22. The topological polar surface area (TPSA) is 61.4 Å². The van der Waals surface area contributed by atoms with Gasteiger partial charge in [0.05, 0.1) is 11.6 Å². The monoisotopic (exact) mass is 264 g/mol. The van der Waals surface area contributed by atoms with Crippen molar-refractivity contribution in [2.75, 3.05) is 10.6 Å². The van der Waals surface area contributed by atoms with Crippen LogP contribution < -0.4 is 10.6 Å². The van der Waals surface area contributed by atoms with Crippen LogP contribution in [0.3, 0.4) is 0 Å². The van der Waals surface area contributed by atoms with E-state index >= 15 is 0 Å². The maximum absolute atomic E-state index is 11.4. The summed E-state index contributed by atoms with van der Waals surface area (Å²) in [4.78, 5) is 11.4. The van der Waals surface area contributed by atoms with Crippen LogP contribution >= 0.6 is 0 Å². The van der Waals surface area contributed by atoms with E-state index in [0.717, 1.165) is 16.9 Å². The molecule has 0 aromatic heterocycles. The number of benzene rings is 1. The minimum Gasteiger partial charge on any atom is -0.388 e. The van der Waals surface area contributed by atoms with Gasteiger partial charge < -0.3 is 15.7 Å². The van der Waals surface area contributed by atoms with Gasteiger partial charge in [0.1, 0.15) is 0 Å². The standard InChI is InChI=1S/C15H24N2O2/c1-6-14(18)17-12-8-7-10(2)13(9-12)16-11(3)15(4,5)19/h7-9,11,16,19H,6H2,1-5H3,(H,17,18). The van der Waals surface area contributed by atoms with Gasteiger partial charge in [-0.3, -0.25) is 4.79 Å². The number of carbonyl (C=O) groups is 1. The van der Waals surface area contributed by atoms with E-state index in [9.17, 15) is 9.90 Å². The van der Waals surface area contributed by atoms with Crippen LogP contribution in [0.5, 0.6) is 0 Å². The Balaban J connectivity index is 2.88. The van der Waals surface area contributed by atoms with E-state index in [-0.39, 0.29) is 11.9 Å². The summed E-state index contributed by atoms with van der Waals surface area (Å²) in [6, 6.07) is 5.63. The van der Waals surface area contributed by atoms with Gasteiger partial charge in [-0.2, -0.15) is 0 Å². The van der Waals surface area contributed by atoms with Crippen molar-refractivity contribution in [2.24, 2.45) is 0 Å². The Bertz CT molecular complexity index is 450. The minimum atomic E-state index is -0.810. The summed E-state index contributed by atoms with van der Waals surface area (Å²) in [5.74, 6) is -0.00894. The van der Waals surface area contributed by atoms with Crippen LogP contribution in [0.2, 0.25) is 0 Å². The van der Waals surface area contributed by atoms with Gasteiger partial charge in [0, 0.05) is 17.8 Å². The predicted molar refractivity (Wildman–Crippen MR) is 79.5 cm³/mol. The fourth-order valence-electron chi connectivity index (χ4n) is 1.51. The summed E-state index contributed by atoms with van der Waals surface area (Å²) >= 11 is 0. The first-order chi connectivity index (χ1) is 8.74. The first kappa shape index (κ1) is 15.5. The number of hydrogen-bond acceptors (Lipinski definition) is 3. The molecule has 4 nitrogen and oxygen atoms in total. The molecule has 3 N–H and O–H groups in total. The fraction of sp³-hybridized carbons (Fsp3) is 0.533. The van der Waals surface area contributed by atoms with Crippen LogP contribution in [0.1, 0.15) is 39.7 Å². The number of aliphatic hydroxyl groups is 1. The summed E-state index contributed by atoms with van der Waals surface area (Å²) in [7, 11) is 0. The molecule has 4 heteroatoms. The molecule has 1 unspecified atom stereocenters. The van der Waals surface area contributed by atoms with Crippen molar-refractivity contribution < 1.29 is 9.90 Å². The zero-order chi connectivity index (χ0) is 14.6. The van der Waals surface area contributed by atoms with E-state index in [1.807, 2.05) is 39.0 Å². The molecule has 1 amide bonds. The highest BCUT2D eigenvalue weighted by atomic mass is 16.3. The molecular formula is C15H24N2O2. The third-order valence-electron chi connectivity index (χ3n) is 3.27. The average Bonchev–Trinajstić information content (AvgIpc) is 2.32. The quantitative estimate of drug-likeness (QED) is 0.766. The van der Waals surface area contributed by atoms with Crippen molar-refractivity contribution in [2.45, 2.75) is 52.7 Å². The van der Waals surface area contributed by atoms with Crippen LogP contribution in [0.4, 0.5) is 11.4 Å². The molecule has 1 aromatic rings. The van der Waals surface area contributed by atoms with Crippen molar-refractivity contribution in [3.63, 3.8) is 0 Å². The summed E-state index contributed by atoms with van der Waals surface area (Å²) < 4.78 is 0. The third-order valence-corrected chi connectivity index (χ3v) is 3.27. The van der Waals surface area contributed by atoms with Gasteiger partial charge in [0.25, 0.3) is 0 Å². The Labute approximate surface area is 115 Å². The Morgan fingerprint density at radius 3 is 2.58 bits per heavy atom. The molecule has 0 aliphatic rings. The zero-order valence-electron chi connectivity index (χ0n) is 12.4. The number of carbonyl (C=O) groups excluding carboxylic acids is 1. The van der Waals surface area contributed by atoms with Crippen molar-refractivity contribution >= 4 is 17.3 Å². The minimum absolute atomic E-state index is 0.00894. The number of rotatable bonds is 5. The number of anilines is 2.